The van der Waals surface area contributed by atoms with E-state index in [2.05, 4.69) is 28.0 Å². The molecule has 188 valence electrons. The average Bonchev–Trinajstić information content (AvgIpc) is 2.84. The Balaban J connectivity index is 1.92. The minimum atomic E-state index is -1.25. The molecular formula is C25H33N5O5. The number of carboxylic acids is 1. The molecule has 0 aliphatic heterocycles. The summed E-state index contributed by atoms with van der Waals surface area (Å²) in [4.78, 5) is 38.0. The van der Waals surface area contributed by atoms with Crippen LogP contribution in [0.25, 0.3) is 0 Å². The van der Waals surface area contributed by atoms with E-state index in [1.807, 2.05) is 48.5 Å². The number of unbranched alkanes of at least 4 members (excludes halogenated alkanes) is 1. The van der Waals surface area contributed by atoms with E-state index >= 15 is 0 Å². The van der Waals surface area contributed by atoms with Crippen LogP contribution in [0.5, 0.6) is 0 Å². The van der Waals surface area contributed by atoms with Crippen molar-refractivity contribution in [2.75, 3.05) is 6.54 Å². The predicted octanol–water partition coefficient (Wildman–Crippen LogP) is 2.70. The number of aryl methyl sites for hydroxylation is 1. The zero-order valence-electron chi connectivity index (χ0n) is 19.6. The van der Waals surface area contributed by atoms with Gasteiger partial charge in [0, 0.05) is 17.3 Å². The Morgan fingerprint density at radius 2 is 1.57 bits per heavy atom. The first-order chi connectivity index (χ1) is 16.8. The number of nitrogens with two attached hydrogens (primary N) is 1. The maximum Gasteiger partial charge on any atom is 0.328 e. The summed E-state index contributed by atoms with van der Waals surface area (Å²) in [5, 5.41) is 19.7. The van der Waals surface area contributed by atoms with Crippen LogP contribution in [0.3, 0.4) is 0 Å². The highest BCUT2D eigenvalue weighted by Crippen LogP contribution is 2.17. The molecule has 0 aliphatic carbocycles. The Morgan fingerprint density at radius 3 is 2.17 bits per heavy atom. The molecule has 2 rings (SSSR count). The Hall–Kier alpha value is -3.95. The van der Waals surface area contributed by atoms with Crippen molar-refractivity contribution in [2.45, 2.75) is 51.0 Å². The number of hydrogen-bond donors (Lipinski definition) is 4. The van der Waals surface area contributed by atoms with Crippen LogP contribution in [-0.2, 0) is 22.4 Å². The second-order valence-corrected chi connectivity index (χ2v) is 8.30. The number of nitrogens with one attached hydrogen (secondary N) is 2. The summed E-state index contributed by atoms with van der Waals surface area (Å²) >= 11 is 0. The van der Waals surface area contributed by atoms with Gasteiger partial charge >= 0.3 is 5.97 Å². The van der Waals surface area contributed by atoms with Crippen LogP contribution in [0.1, 0.15) is 43.2 Å². The monoisotopic (exact) mass is 483 g/mol. The number of guanidine groups is 1. The number of nitrogens with zero attached hydrogens (tertiary/aromatic N) is 2. The summed E-state index contributed by atoms with van der Waals surface area (Å²) < 4.78 is 0. The van der Waals surface area contributed by atoms with Crippen molar-refractivity contribution in [3.63, 3.8) is 0 Å². The molecule has 0 saturated heterocycles. The van der Waals surface area contributed by atoms with Crippen molar-refractivity contribution in [2.24, 2.45) is 16.6 Å². The van der Waals surface area contributed by atoms with Gasteiger partial charge in [-0.25, -0.2) is 9.79 Å². The quantitative estimate of drug-likeness (QED) is 0.106. The fourth-order valence-electron chi connectivity index (χ4n) is 3.67. The number of carbonyl (C=O) groups is 2. The first-order valence-corrected chi connectivity index (χ1v) is 11.7. The fraction of sp³-hybridized carbons (Fsp3) is 0.400. The molecule has 10 nitrogen and oxygen atoms in total. The molecule has 10 heteroatoms. The number of aliphatic imine (C=N–C) groups is 1. The van der Waals surface area contributed by atoms with Gasteiger partial charge in [-0.05, 0) is 43.2 Å². The van der Waals surface area contributed by atoms with Crippen LogP contribution in [0.15, 0.2) is 65.7 Å². The van der Waals surface area contributed by atoms with Gasteiger partial charge in [0.05, 0.1) is 0 Å². The van der Waals surface area contributed by atoms with Gasteiger partial charge in [0.1, 0.15) is 0 Å². The summed E-state index contributed by atoms with van der Waals surface area (Å²) in [7, 11) is 0. The molecule has 2 aromatic rings. The molecule has 0 bridgehead atoms. The van der Waals surface area contributed by atoms with Crippen LogP contribution in [0.4, 0.5) is 0 Å². The smallest absolute Gasteiger partial charge is 0.328 e. The van der Waals surface area contributed by atoms with Gasteiger partial charge < -0.3 is 10.8 Å². The standard InChI is InChI=1S/C25H33N5O5/c26-25(27-22(24(32)33)16-9-17-30(34)35)29-28-23(31)21(18-20-13-5-2-6-14-20)15-8-7-12-19-10-3-1-4-11-19/h1-6,10-11,13-14,21-22H,7-9,12,15-18H2,(H,28,31)(H,32,33)(H3,26,27,29)/t21?,22-/m0/s1. The van der Waals surface area contributed by atoms with Crippen molar-refractivity contribution in [3.8, 4) is 0 Å². The van der Waals surface area contributed by atoms with Gasteiger partial charge in [-0.3, -0.25) is 25.8 Å². The van der Waals surface area contributed by atoms with Crippen molar-refractivity contribution >= 4 is 17.8 Å². The summed E-state index contributed by atoms with van der Waals surface area (Å²) in [6, 6.07) is 18.6. The number of hydrazine groups is 1. The molecule has 0 saturated carbocycles. The van der Waals surface area contributed by atoms with Gasteiger partial charge in [0.15, 0.2) is 6.04 Å². The fourth-order valence-corrected chi connectivity index (χ4v) is 3.67. The highest BCUT2D eigenvalue weighted by molar-refractivity contribution is 5.86. The highest BCUT2D eigenvalue weighted by Gasteiger charge is 2.20. The molecule has 0 fully saturated rings. The molecule has 1 amide bonds. The normalized spacial score (nSPS) is 13.0. The zero-order chi connectivity index (χ0) is 25.5. The third-order valence-corrected chi connectivity index (χ3v) is 5.52. The summed E-state index contributed by atoms with van der Waals surface area (Å²) in [6.07, 6.45) is 3.98. The lowest BCUT2D eigenvalue weighted by Crippen LogP contribution is -2.48. The van der Waals surface area contributed by atoms with Gasteiger partial charge in [-0.1, -0.05) is 67.1 Å². The largest absolute Gasteiger partial charge is 0.480 e. The van der Waals surface area contributed by atoms with Crippen LogP contribution < -0.4 is 16.6 Å². The maximum atomic E-state index is 12.9. The van der Waals surface area contributed by atoms with E-state index in [1.165, 1.54) is 5.56 Å². The molecule has 0 spiro atoms. The first kappa shape index (κ1) is 27.3. The van der Waals surface area contributed by atoms with Crippen molar-refractivity contribution < 1.29 is 19.6 Å². The van der Waals surface area contributed by atoms with E-state index in [0.717, 1.165) is 24.8 Å². The topological polar surface area (TPSA) is 160 Å². The second-order valence-electron chi connectivity index (χ2n) is 8.30. The molecule has 2 atom stereocenters. The number of aliphatic carboxylic acids is 1. The molecule has 2 aromatic carbocycles. The molecular weight excluding hydrogens is 450 g/mol. The number of nitro groups is 1. The Labute approximate surface area is 204 Å². The molecule has 0 aliphatic rings. The number of carbonyl (C=O) groups excluding carboxylic acids is 1. The van der Waals surface area contributed by atoms with Crippen molar-refractivity contribution in [3.05, 3.63) is 81.9 Å². The van der Waals surface area contributed by atoms with E-state index in [0.29, 0.717) is 12.8 Å². The first-order valence-electron chi connectivity index (χ1n) is 11.7. The van der Waals surface area contributed by atoms with Crippen LogP contribution in [0, 0.1) is 16.0 Å². The zero-order valence-corrected chi connectivity index (χ0v) is 19.6. The lowest BCUT2D eigenvalue weighted by molar-refractivity contribution is -0.480. The summed E-state index contributed by atoms with van der Waals surface area (Å²) in [5.41, 5.74) is 13.1. The van der Waals surface area contributed by atoms with Gasteiger partial charge in [0.2, 0.25) is 18.4 Å². The lowest BCUT2D eigenvalue weighted by atomic mass is 9.92. The molecule has 35 heavy (non-hydrogen) atoms. The number of amides is 1. The molecule has 0 aromatic heterocycles. The predicted molar refractivity (Wildman–Crippen MR) is 133 cm³/mol. The van der Waals surface area contributed by atoms with Crippen molar-refractivity contribution in [1.29, 1.82) is 0 Å². The molecule has 1 unspecified atom stereocenters. The lowest BCUT2D eigenvalue weighted by Gasteiger charge is -2.18. The number of rotatable bonds is 14. The van der Waals surface area contributed by atoms with Crippen LogP contribution in [0.2, 0.25) is 0 Å². The third kappa shape index (κ3) is 11.1. The van der Waals surface area contributed by atoms with E-state index in [4.69, 9.17) is 5.73 Å². The third-order valence-electron chi connectivity index (χ3n) is 5.52. The van der Waals surface area contributed by atoms with Gasteiger partial charge in [-0.2, -0.15) is 0 Å². The SMILES string of the molecule is NC(=N[C@@H](CCC[N+](=O)[O-])C(=O)O)NNC(=O)C(CCCCc1ccccc1)Cc1ccccc1. The minimum Gasteiger partial charge on any atom is -0.480 e. The minimum absolute atomic E-state index is 0.0370. The van der Waals surface area contributed by atoms with Crippen LogP contribution in [-0.4, -0.2) is 40.5 Å². The molecule has 0 radical (unpaired) electrons. The summed E-state index contributed by atoms with van der Waals surface area (Å²) in [6.45, 7) is -0.352. The Morgan fingerprint density at radius 1 is 0.943 bits per heavy atom. The molecule has 5 N–H and O–H groups in total. The molecule has 0 heterocycles. The van der Waals surface area contributed by atoms with E-state index in [-0.39, 0.29) is 37.2 Å². The second kappa shape index (κ2) is 15.0. The van der Waals surface area contributed by atoms with Crippen LogP contribution >= 0.6 is 0 Å². The number of hydrogen-bond acceptors (Lipinski definition) is 5. The summed E-state index contributed by atoms with van der Waals surface area (Å²) in [5.74, 6) is -2.10. The maximum absolute atomic E-state index is 12.9. The number of benzene rings is 2. The van der Waals surface area contributed by atoms with Crippen molar-refractivity contribution in [1.82, 2.24) is 10.9 Å². The van der Waals surface area contributed by atoms with Gasteiger partial charge in [-0.15, -0.1) is 0 Å². The number of carboxylic acid groups (broad SMARTS) is 1. The van der Waals surface area contributed by atoms with E-state index in [9.17, 15) is 24.8 Å². The van der Waals surface area contributed by atoms with E-state index < -0.39 is 16.9 Å². The average molecular weight is 484 g/mol. The highest BCUT2D eigenvalue weighted by atomic mass is 16.6. The van der Waals surface area contributed by atoms with E-state index in [1.54, 1.807) is 0 Å². The van der Waals surface area contributed by atoms with Gasteiger partial charge in [0.25, 0.3) is 0 Å². The Bertz CT molecular complexity index is 969. The Kier molecular flexibility index (Phi) is 11.7.